The van der Waals surface area contributed by atoms with Crippen LogP contribution in [0.1, 0.15) is 51.2 Å². The maximum Gasteiger partial charge on any atom is 0.161 e. The van der Waals surface area contributed by atoms with Crippen LogP contribution in [0.5, 0.6) is 11.5 Å². The zero-order chi connectivity index (χ0) is 15.1. The number of hydrogen-bond donors (Lipinski definition) is 1. The first-order chi connectivity index (χ1) is 10.2. The molecule has 1 aromatic rings. The second-order valence-corrected chi connectivity index (χ2v) is 6.66. The van der Waals surface area contributed by atoms with E-state index in [-0.39, 0.29) is 0 Å². The van der Waals surface area contributed by atoms with Crippen molar-refractivity contribution in [1.29, 1.82) is 0 Å². The molecule has 0 aliphatic heterocycles. The van der Waals surface area contributed by atoms with Crippen LogP contribution in [0.2, 0.25) is 0 Å². The lowest BCUT2D eigenvalue weighted by Crippen LogP contribution is -2.06. The standard InChI is InChI=1S/C17H26O3S/c1-3-19-16-10-9-13(11-17(16)20-4-2)15(18)12-21-14-7-5-6-8-14/h9-11,14-15,18H,3-8,12H2,1-2H3. The zero-order valence-electron chi connectivity index (χ0n) is 13.0. The van der Waals surface area contributed by atoms with Crippen LogP contribution < -0.4 is 9.47 Å². The second kappa shape index (κ2) is 8.54. The molecule has 21 heavy (non-hydrogen) atoms. The third-order valence-electron chi connectivity index (χ3n) is 3.74. The van der Waals surface area contributed by atoms with Gasteiger partial charge < -0.3 is 14.6 Å². The van der Waals surface area contributed by atoms with Crippen molar-refractivity contribution in [1.82, 2.24) is 0 Å². The first-order valence-electron chi connectivity index (χ1n) is 7.93. The summed E-state index contributed by atoms with van der Waals surface area (Å²) < 4.78 is 11.2. The van der Waals surface area contributed by atoms with Crippen molar-refractivity contribution in [3.8, 4) is 11.5 Å². The molecule has 4 heteroatoms. The molecule has 3 nitrogen and oxygen atoms in total. The molecule has 1 aromatic carbocycles. The summed E-state index contributed by atoms with van der Waals surface area (Å²) in [7, 11) is 0. The molecule has 1 aliphatic rings. The number of aliphatic hydroxyl groups is 1. The van der Waals surface area contributed by atoms with Gasteiger partial charge in [-0.3, -0.25) is 0 Å². The molecule has 1 fully saturated rings. The number of thioether (sulfide) groups is 1. The molecule has 118 valence electrons. The Bertz CT molecular complexity index is 430. The lowest BCUT2D eigenvalue weighted by molar-refractivity contribution is 0.202. The minimum absolute atomic E-state index is 0.439. The SMILES string of the molecule is CCOc1ccc(C(O)CSC2CCCC2)cc1OCC. The van der Waals surface area contributed by atoms with Gasteiger partial charge in [-0.1, -0.05) is 18.9 Å². The number of hydrogen-bond acceptors (Lipinski definition) is 4. The molecule has 2 rings (SSSR count). The van der Waals surface area contributed by atoms with Crippen LogP contribution in [0.4, 0.5) is 0 Å². The van der Waals surface area contributed by atoms with E-state index in [1.54, 1.807) is 0 Å². The molecule has 1 atom stereocenters. The summed E-state index contributed by atoms with van der Waals surface area (Å²) in [6.45, 7) is 5.11. The molecule has 1 unspecified atom stereocenters. The Labute approximate surface area is 132 Å². The van der Waals surface area contributed by atoms with E-state index in [0.717, 1.165) is 28.1 Å². The minimum Gasteiger partial charge on any atom is -0.490 e. The topological polar surface area (TPSA) is 38.7 Å². The van der Waals surface area contributed by atoms with E-state index in [1.165, 1.54) is 25.7 Å². The fraction of sp³-hybridized carbons (Fsp3) is 0.647. The average Bonchev–Trinajstić information content (AvgIpc) is 3.00. The van der Waals surface area contributed by atoms with Gasteiger partial charge in [0.05, 0.1) is 19.3 Å². The van der Waals surface area contributed by atoms with Gasteiger partial charge in [-0.15, -0.1) is 0 Å². The highest BCUT2D eigenvalue weighted by Gasteiger charge is 2.18. The van der Waals surface area contributed by atoms with Crippen molar-refractivity contribution in [3.63, 3.8) is 0 Å². The third-order valence-corrected chi connectivity index (χ3v) is 5.20. The van der Waals surface area contributed by atoms with Crippen LogP contribution in [0.15, 0.2) is 18.2 Å². The normalized spacial score (nSPS) is 16.9. The first kappa shape index (κ1) is 16.5. The van der Waals surface area contributed by atoms with Crippen molar-refractivity contribution in [2.75, 3.05) is 19.0 Å². The van der Waals surface area contributed by atoms with Crippen LogP contribution in [0.3, 0.4) is 0 Å². The molecule has 0 saturated heterocycles. The quantitative estimate of drug-likeness (QED) is 0.781. The van der Waals surface area contributed by atoms with Gasteiger partial charge in [0.1, 0.15) is 0 Å². The van der Waals surface area contributed by atoms with Crippen LogP contribution in [0, 0.1) is 0 Å². The molecule has 0 bridgehead atoms. The van der Waals surface area contributed by atoms with Crippen molar-refractivity contribution >= 4 is 11.8 Å². The van der Waals surface area contributed by atoms with E-state index in [0.29, 0.717) is 13.2 Å². The summed E-state index contributed by atoms with van der Waals surface area (Å²) in [5.41, 5.74) is 0.910. The van der Waals surface area contributed by atoms with Crippen molar-refractivity contribution < 1.29 is 14.6 Å². The highest BCUT2D eigenvalue weighted by atomic mass is 32.2. The molecular formula is C17H26O3S. The first-order valence-corrected chi connectivity index (χ1v) is 8.98. The summed E-state index contributed by atoms with van der Waals surface area (Å²) in [5.74, 6) is 2.23. The Morgan fingerprint density at radius 2 is 1.81 bits per heavy atom. The Kier molecular flexibility index (Phi) is 6.71. The van der Waals surface area contributed by atoms with E-state index in [1.807, 2.05) is 43.8 Å². The summed E-state index contributed by atoms with van der Waals surface area (Å²) in [4.78, 5) is 0. The molecule has 1 saturated carbocycles. The number of benzene rings is 1. The number of rotatable bonds is 8. The van der Waals surface area contributed by atoms with Crippen LogP contribution in [-0.2, 0) is 0 Å². The van der Waals surface area contributed by atoms with E-state index in [4.69, 9.17) is 9.47 Å². The monoisotopic (exact) mass is 310 g/mol. The van der Waals surface area contributed by atoms with Gasteiger partial charge in [-0.05, 0) is 44.4 Å². The van der Waals surface area contributed by atoms with Crippen molar-refractivity contribution in [2.24, 2.45) is 0 Å². The molecule has 0 spiro atoms. The van der Waals surface area contributed by atoms with E-state index in [9.17, 15) is 5.11 Å². The zero-order valence-corrected chi connectivity index (χ0v) is 13.8. The molecular weight excluding hydrogens is 284 g/mol. The fourth-order valence-electron chi connectivity index (χ4n) is 2.65. The Hall–Kier alpha value is -0.870. The predicted octanol–water partition coefficient (Wildman–Crippen LogP) is 4.19. The highest BCUT2D eigenvalue weighted by molar-refractivity contribution is 7.99. The molecule has 0 heterocycles. The van der Waals surface area contributed by atoms with Crippen LogP contribution in [-0.4, -0.2) is 29.3 Å². The summed E-state index contributed by atoms with van der Waals surface area (Å²) in [6.07, 6.45) is 4.83. The van der Waals surface area contributed by atoms with E-state index in [2.05, 4.69) is 0 Å². The second-order valence-electron chi connectivity index (χ2n) is 5.33. The van der Waals surface area contributed by atoms with Crippen molar-refractivity contribution in [3.05, 3.63) is 23.8 Å². The van der Waals surface area contributed by atoms with Gasteiger partial charge in [-0.2, -0.15) is 11.8 Å². The molecule has 0 amide bonds. The van der Waals surface area contributed by atoms with Crippen molar-refractivity contribution in [2.45, 2.75) is 50.9 Å². The fourth-order valence-corrected chi connectivity index (χ4v) is 3.97. The Morgan fingerprint density at radius 3 is 2.48 bits per heavy atom. The van der Waals surface area contributed by atoms with E-state index < -0.39 is 6.10 Å². The number of aliphatic hydroxyl groups excluding tert-OH is 1. The van der Waals surface area contributed by atoms with Crippen LogP contribution >= 0.6 is 11.8 Å². The lowest BCUT2D eigenvalue weighted by atomic mass is 10.1. The van der Waals surface area contributed by atoms with Gasteiger partial charge in [0, 0.05) is 11.0 Å². The van der Waals surface area contributed by atoms with Gasteiger partial charge in [0.2, 0.25) is 0 Å². The Morgan fingerprint density at radius 1 is 1.14 bits per heavy atom. The van der Waals surface area contributed by atoms with Crippen LogP contribution in [0.25, 0.3) is 0 Å². The maximum atomic E-state index is 10.4. The summed E-state index contributed by atoms with van der Waals surface area (Å²) in [5, 5.41) is 11.1. The average molecular weight is 310 g/mol. The number of ether oxygens (including phenoxy) is 2. The maximum absolute atomic E-state index is 10.4. The van der Waals surface area contributed by atoms with Gasteiger partial charge >= 0.3 is 0 Å². The highest BCUT2D eigenvalue weighted by Crippen LogP contribution is 2.34. The largest absolute Gasteiger partial charge is 0.490 e. The molecule has 0 radical (unpaired) electrons. The lowest BCUT2D eigenvalue weighted by Gasteiger charge is -2.17. The smallest absolute Gasteiger partial charge is 0.161 e. The summed E-state index contributed by atoms with van der Waals surface area (Å²) in [6, 6.07) is 5.75. The minimum atomic E-state index is -0.439. The van der Waals surface area contributed by atoms with Gasteiger partial charge in [0.15, 0.2) is 11.5 Å². The third kappa shape index (κ3) is 4.82. The molecule has 1 N–H and O–H groups in total. The van der Waals surface area contributed by atoms with Gasteiger partial charge in [-0.25, -0.2) is 0 Å². The summed E-state index contributed by atoms with van der Waals surface area (Å²) >= 11 is 1.90. The van der Waals surface area contributed by atoms with E-state index >= 15 is 0 Å². The van der Waals surface area contributed by atoms with Gasteiger partial charge in [0.25, 0.3) is 0 Å². The molecule has 0 aromatic heterocycles. The molecule has 1 aliphatic carbocycles. The predicted molar refractivity (Wildman–Crippen MR) is 88.5 cm³/mol. The Balaban J connectivity index is 1.98.